The van der Waals surface area contributed by atoms with Gasteiger partial charge in [-0.05, 0) is 76.6 Å². The van der Waals surface area contributed by atoms with Gasteiger partial charge in [-0.1, -0.05) is 46.4 Å². The van der Waals surface area contributed by atoms with Gasteiger partial charge in [0.25, 0.3) is 0 Å². The Balaban J connectivity index is 2.26. The van der Waals surface area contributed by atoms with E-state index < -0.39 is 5.97 Å². The Kier molecular flexibility index (Phi) is 4.91. The lowest BCUT2D eigenvalue weighted by molar-refractivity contribution is -0.130. The molecule has 0 saturated heterocycles. The number of ether oxygens (including phenoxy) is 1. The maximum Gasteiger partial charge on any atom is 0.335 e. The largest absolute Gasteiger partial charge is 0.496 e. The molecule has 0 unspecified atom stereocenters. The van der Waals surface area contributed by atoms with Gasteiger partial charge in [0.2, 0.25) is 0 Å². The van der Waals surface area contributed by atoms with Crippen molar-refractivity contribution in [1.29, 1.82) is 0 Å². The number of benzene rings is 2. The number of hydrogen-bond acceptors (Lipinski definition) is 2. The first-order valence-corrected chi connectivity index (χ1v) is 9.74. The van der Waals surface area contributed by atoms with Crippen molar-refractivity contribution in [3.8, 4) is 16.9 Å². The summed E-state index contributed by atoms with van der Waals surface area (Å²) in [6.07, 6.45) is 2.31. The Morgan fingerprint density at radius 1 is 1.00 bits per heavy atom. The predicted octanol–water partition coefficient (Wildman–Crippen LogP) is 6.12. The van der Waals surface area contributed by atoms with Crippen LogP contribution in [0.25, 0.3) is 16.7 Å². The maximum absolute atomic E-state index is 11.4. The molecule has 1 aliphatic carbocycles. The van der Waals surface area contributed by atoms with Crippen molar-refractivity contribution in [3.63, 3.8) is 0 Å². The number of carbonyl (C=O) groups is 1. The van der Waals surface area contributed by atoms with Crippen molar-refractivity contribution >= 4 is 11.5 Å². The first-order valence-electron chi connectivity index (χ1n) is 9.74. The second kappa shape index (κ2) is 6.80. The highest BCUT2D eigenvalue weighted by Crippen LogP contribution is 2.48. The fourth-order valence-electron chi connectivity index (χ4n) is 4.24. The highest BCUT2D eigenvalue weighted by Gasteiger charge is 2.37. The number of carboxylic acids is 1. The van der Waals surface area contributed by atoms with Gasteiger partial charge >= 0.3 is 5.97 Å². The van der Waals surface area contributed by atoms with Crippen molar-refractivity contribution in [2.75, 3.05) is 7.11 Å². The van der Waals surface area contributed by atoms with Crippen LogP contribution < -0.4 is 4.74 Å². The van der Waals surface area contributed by atoms with E-state index in [9.17, 15) is 9.90 Å². The zero-order chi connectivity index (χ0) is 20.9. The third kappa shape index (κ3) is 3.34. The Hall–Kier alpha value is -2.55. The second-order valence-electron chi connectivity index (χ2n) is 9.18. The van der Waals surface area contributed by atoms with Crippen LogP contribution in [-0.4, -0.2) is 18.2 Å². The minimum absolute atomic E-state index is 0.0842. The molecule has 0 aliphatic heterocycles. The van der Waals surface area contributed by atoms with Gasteiger partial charge in [-0.3, -0.25) is 0 Å². The summed E-state index contributed by atoms with van der Waals surface area (Å²) < 4.78 is 5.61. The minimum Gasteiger partial charge on any atom is -0.496 e. The Bertz CT molecular complexity index is 964. The van der Waals surface area contributed by atoms with Gasteiger partial charge in [-0.25, -0.2) is 4.79 Å². The Morgan fingerprint density at radius 2 is 1.57 bits per heavy atom. The van der Waals surface area contributed by atoms with Crippen LogP contribution in [-0.2, 0) is 15.6 Å². The van der Waals surface area contributed by atoms with Crippen molar-refractivity contribution in [2.45, 2.75) is 58.3 Å². The summed E-state index contributed by atoms with van der Waals surface area (Å²) in [5.41, 5.74) is 6.87. The number of methoxy groups -OCH3 is 1. The summed E-state index contributed by atoms with van der Waals surface area (Å²) in [6, 6.07) is 10.1. The molecule has 0 heterocycles. The second-order valence-corrected chi connectivity index (χ2v) is 9.18. The fourth-order valence-corrected chi connectivity index (χ4v) is 4.24. The topological polar surface area (TPSA) is 46.5 Å². The van der Waals surface area contributed by atoms with Gasteiger partial charge in [0.15, 0.2) is 0 Å². The maximum atomic E-state index is 11.4. The molecule has 0 fully saturated rings. The molecule has 2 aromatic rings. The number of rotatable bonds is 4. The molecular formula is C25H30O3. The van der Waals surface area contributed by atoms with E-state index in [1.165, 1.54) is 23.1 Å². The van der Waals surface area contributed by atoms with E-state index >= 15 is 0 Å². The van der Waals surface area contributed by atoms with Crippen molar-refractivity contribution in [2.24, 2.45) is 0 Å². The quantitative estimate of drug-likeness (QED) is 0.652. The molecule has 148 valence electrons. The van der Waals surface area contributed by atoms with Crippen LogP contribution in [0.15, 0.2) is 36.9 Å². The lowest BCUT2D eigenvalue weighted by Gasteiger charge is -2.42. The number of hydrogen-bond donors (Lipinski definition) is 1. The smallest absolute Gasteiger partial charge is 0.335 e. The third-order valence-corrected chi connectivity index (χ3v) is 6.29. The van der Waals surface area contributed by atoms with Gasteiger partial charge in [0.05, 0.1) is 12.7 Å². The standard InChI is InChI=1S/C25H30O3/c1-15-12-20-21(25(5,6)11-10-24(20,3)4)14-18(15)19-13-17(16(2)23(26)27)8-9-22(19)28-7/h8-9,12-14H,2,10-11H2,1,3-7H3,(H,26,27). The fraction of sp³-hybridized carbons (Fsp3) is 0.400. The van der Waals surface area contributed by atoms with Crippen molar-refractivity contribution < 1.29 is 14.6 Å². The van der Waals surface area contributed by atoms with E-state index in [-0.39, 0.29) is 16.4 Å². The van der Waals surface area contributed by atoms with E-state index in [2.05, 4.69) is 53.3 Å². The van der Waals surface area contributed by atoms with E-state index in [0.717, 1.165) is 23.3 Å². The number of aliphatic carboxylic acids is 1. The van der Waals surface area contributed by atoms with Gasteiger partial charge in [0, 0.05) is 5.56 Å². The van der Waals surface area contributed by atoms with Gasteiger partial charge < -0.3 is 9.84 Å². The molecule has 1 N–H and O–H groups in total. The normalized spacial score (nSPS) is 16.9. The highest BCUT2D eigenvalue weighted by molar-refractivity contribution is 6.14. The lowest BCUT2D eigenvalue weighted by Crippen LogP contribution is -2.34. The summed E-state index contributed by atoms with van der Waals surface area (Å²) in [6.45, 7) is 15.1. The number of carboxylic acid groups (broad SMARTS) is 1. The molecule has 3 rings (SSSR count). The zero-order valence-corrected chi connectivity index (χ0v) is 17.8. The summed E-state index contributed by atoms with van der Waals surface area (Å²) in [4.78, 5) is 11.4. The molecule has 28 heavy (non-hydrogen) atoms. The SMILES string of the molecule is C=C(C(=O)O)c1ccc(OC)c(-c2cc3c(cc2C)C(C)(C)CCC3(C)C)c1. The molecule has 0 bridgehead atoms. The molecule has 0 amide bonds. The summed E-state index contributed by atoms with van der Waals surface area (Å²) in [7, 11) is 1.64. The third-order valence-electron chi connectivity index (χ3n) is 6.29. The van der Waals surface area contributed by atoms with Gasteiger partial charge in [0.1, 0.15) is 5.75 Å². The highest BCUT2D eigenvalue weighted by atomic mass is 16.5. The van der Waals surface area contributed by atoms with Crippen LogP contribution in [0.4, 0.5) is 0 Å². The summed E-state index contributed by atoms with van der Waals surface area (Å²) >= 11 is 0. The predicted molar refractivity (Wildman–Crippen MR) is 115 cm³/mol. The molecule has 0 aromatic heterocycles. The van der Waals surface area contributed by atoms with Crippen LogP contribution in [0.1, 0.15) is 62.8 Å². The Labute approximate surface area is 168 Å². The van der Waals surface area contributed by atoms with Crippen LogP contribution in [0.3, 0.4) is 0 Å². The molecule has 2 aromatic carbocycles. The molecule has 3 nitrogen and oxygen atoms in total. The number of fused-ring (bicyclic) bond motifs is 1. The minimum atomic E-state index is -1.01. The van der Waals surface area contributed by atoms with Crippen LogP contribution in [0.2, 0.25) is 0 Å². The summed E-state index contributed by atoms with van der Waals surface area (Å²) in [5.74, 6) is -0.279. The molecule has 1 aliphatic rings. The Morgan fingerprint density at radius 3 is 2.11 bits per heavy atom. The van der Waals surface area contributed by atoms with Crippen molar-refractivity contribution in [1.82, 2.24) is 0 Å². The first kappa shape index (κ1) is 20.2. The molecule has 0 radical (unpaired) electrons. The van der Waals surface area contributed by atoms with Crippen LogP contribution in [0.5, 0.6) is 5.75 Å². The average molecular weight is 379 g/mol. The van der Waals surface area contributed by atoms with E-state index in [1.54, 1.807) is 13.2 Å². The first-order chi connectivity index (χ1) is 13.0. The molecule has 0 saturated carbocycles. The molecule has 0 atom stereocenters. The van der Waals surface area contributed by atoms with Gasteiger partial charge in [-0.2, -0.15) is 0 Å². The van der Waals surface area contributed by atoms with Crippen LogP contribution in [0, 0.1) is 6.92 Å². The lowest BCUT2D eigenvalue weighted by atomic mass is 9.62. The number of aryl methyl sites for hydroxylation is 1. The van der Waals surface area contributed by atoms with E-state index in [0.29, 0.717) is 5.56 Å². The van der Waals surface area contributed by atoms with E-state index in [4.69, 9.17) is 4.74 Å². The van der Waals surface area contributed by atoms with Crippen LogP contribution >= 0.6 is 0 Å². The average Bonchev–Trinajstić information content (AvgIpc) is 2.64. The molecular weight excluding hydrogens is 348 g/mol. The zero-order valence-electron chi connectivity index (χ0n) is 17.8. The molecule has 0 spiro atoms. The van der Waals surface area contributed by atoms with E-state index in [1.807, 2.05) is 12.1 Å². The monoisotopic (exact) mass is 378 g/mol. The van der Waals surface area contributed by atoms with Gasteiger partial charge in [-0.15, -0.1) is 0 Å². The molecule has 3 heteroatoms. The summed E-state index contributed by atoms with van der Waals surface area (Å²) in [5, 5.41) is 9.33. The van der Waals surface area contributed by atoms with Crippen molar-refractivity contribution in [3.05, 3.63) is 59.2 Å².